The fourth-order valence-corrected chi connectivity index (χ4v) is 4.46. The summed E-state index contributed by atoms with van der Waals surface area (Å²) in [5, 5.41) is 16.2. The number of hydrogen-bond donors (Lipinski definition) is 2. The number of methoxy groups -OCH3 is 1. The first kappa shape index (κ1) is 26.9. The van der Waals surface area contributed by atoms with E-state index in [1.165, 1.54) is 7.11 Å². The number of hydrogen-bond acceptors (Lipinski definition) is 7. The zero-order valence-electron chi connectivity index (χ0n) is 21.4. The summed E-state index contributed by atoms with van der Waals surface area (Å²) in [6.07, 6.45) is 1.39. The maximum atomic E-state index is 13.4. The zero-order valence-corrected chi connectivity index (χ0v) is 21.4. The van der Waals surface area contributed by atoms with E-state index in [1.54, 1.807) is 24.3 Å². The molecule has 0 saturated carbocycles. The monoisotopic (exact) mass is 493 g/mol. The van der Waals surface area contributed by atoms with Gasteiger partial charge >= 0.3 is 11.7 Å². The van der Waals surface area contributed by atoms with Gasteiger partial charge in [-0.05, 0) is 44.1 Å². The topological polar surface area (TPSA) is 104 Å². The number of carbonyl (C=O) groups excluding carboxylic acids is 1. The third kappa shape index (κ3) is 6.31. The number of ether oxygens (including phenoxy) is 1. The number of benzene rings is 2. The van der Waals surface area contributed by atoms with Gasteiger partial charge in [0.25, 0.3) is 0 Å². The van der Waals surface area contributed by atoms with Crippen molar-refractivity contribution in [1.29, 1.82) is 0 Å². The van der Waals surface area contributed by atoms with E-state index in [-0.39, 0.29) is 17.2 Å². The molecule has 0 aliphatic rings. The number of nitrogens with one attached hydrogen (secondary N) is 1. The van der Waals surface area contributed by atoms with E-state index >= 15 is 0 Å². The molecule has 1 aromatic heterocycles. The highest BCUT2D eigenvalue weighted by Crippen LogP contribution is 2.39. The van der Waals surface area contributed by atoms with Gasteiger partial charge in [-0.2, -0.15) is 5.10 Å². The first-order chi connectivity index (χ1) is 17.4. The summed E-state index contributed by atoms with van der Waals surface area (Å²) in [7, 11) is 1.27. The van der Waals surface area contributed by atoms with Gasteiger partial charge in [0.1, 0.15) is 11.3 Å². The Balaban J connectivity index is 2.23. The molecule has 2 aromatic carbocycles. The molecule has 3 rings (SSSR count). The molecular formula is C28H35N3O5. The van der Waals surface area contributed by atoms with Crippen molar-refractivity contribution in [1.82, 2.24) is 10.3 Å². The number of unbranched alkanes of at least 4 members (excludes halogenated alkanes) is 1. The van der Waals surface area contributed by atoms with Gasteiger partial charge in [-0.15, -0.1) is 0 Å². The lowest BCUT2D eigenvalue weighted by Crippen LogP contribution is -2.38. The zero-order chi connectivity index (χ0) is 26.1. The Morgan fingerprint density at radius 3 is 2.50 bits per heavy atom. The minimum absolute atomic E-state index is 0.106. The van der Waals surface area contributed by atoms with Crippen LogP contribution in [-0.4, -0.2) is 48.6 Å². The summed E-state index contributed by atoms with van der Waals surface area (Å²) in [6, 6.07) is 16.5. The summed E-state index contributed by atoms with van der Waals surface area (Å²) in [5.74, 6) is -1.05. The number of amides is 1. The maximum absolute atomic E-state index is 13.4. The summed E-state index contributed by atoms with van der Waals surface area (Å²) in [6.45, 7) is 8.27. The van der Waals surface area contributed by atoms with Gasteiger partial charge in [-0.1, -0.05) is 62.7 Å². The van der Waals surface area contributed by atoms with Crippen LogP contribution in [-0.2, 0) is 4.74 Å². The van der Waals surface area contributed by atoms with Crippen molar-refractivity contribution in [3.05, 3.63) is 76.1 Å². The van der Waals surface area contributed by atoms with E-state index in [9.17, 15) is 14.7 Å². The molecule has 1 amide bonds. The van der Waals surface area contributed by atoms with Gasteiger partial charge in [0, 0.05) is 24.1 Å². The third-order valence-electron chi connectivity index (χ3n) is 6.47. The first-order valence-electron chi connectivity index (χ1n) is 12.3. The van der Waals surface area contributed by atoms with E-state index in [4.69, 9.17) is 4.42 Å². The molecule has 0 saturated heterocycles. The molecule has 192 valence electrons. The number of para-hydroxylation sites is 1. The lowest BCUT2D eigenvalue weighted by atomic mass is 9.78. The normalized spacial score (nSPS) is 13.5. The van der Waals surface area contributed by atoms with Crippen LogP contribution in [0.2, 0.25) is 0 Å². The van der Waals surface area contributed by atoms with E-state index in [0.29, 0.717) is 23.2 Å². The first-order valence-corrected chi connectivity index (χ1v) is 12.3. The number of hydrazone groups is 1. The summed E-state index contributed by atoms with van der Waals surface area (Å²) < 4.78 is 10.3. The second kappa shape index (κ2) is 12.9. The fraction of sp³-hybridized carbons (Fsp3) is 0.393. The molecule has 1 heterocycles. The molecule has 0 aliphatic carbocycles. The second-order valence-electron chi connectivity index (χ2n) is 8.75. The molecule has 3 aromatic rings. The summed E-state index contributed by atoms with van der Waals surface area (Å²) in [5.41, 5.74) is 3.73. The summed E-state index contributed by atoms with van der Waals surface area (Å²) in [4.78, 5) is 27.4. The van der Waals surface area contributed by atoms with Crippen LogP contribution in [0.4, 0.5) is 4.79 Å². The van der Waals surface area contributed by atoms with Gasteiger partial charge in [-0.3, -0.25) is 0 Å². The van der Waals surface area contributed by atoms with Crippen molar-refractivity contribution in [2.24, 2.45) is 11.0 Å². The predicted octanol–water partition coefficient (Wildman–Crippen LogP) is 5.10. The van der Waals surface area contributed by atoms with Crippen LogP contribution in [0.15, 0.2) is 68.9 Å². The summed E-state index contributed by atoms with van der Waals surface area (Å²) >= 11 is 0. The number of rotatable bonds is 11. The van der Waals surface area contributed by atoms with Crippen LogP contribution in [0, 0.1) is 5.92 Å². The molecule has 8 heteroatoms. The van der Waals surface area contributed by atoms with Gasteiger partial charge in [0.15, 0.2) is 0 Å². The van der Waals surface area contributed by atoms with Crippen LogP contribution in [0.3, 0.4) is 0 Å². The number of carbonyl (C=O) groups is 1. The molecule has 2 N–H and O–H groups in total. The van der Waals surface area contributed by atoms with E-state index < -0.39 is 17.6 Å². The minimum Gasteiger partial charge on any atom is -0.507 e. The van der Waals surface area contributed by atoms with Crippen molar-refractivity contribution in [2.75, 3.05) is 26.7 Å². The van der Waals surface area contributed by atoms with Crippen LogP contribution < -0.4 is 11.1 Å². The Morgan fingerprint density at radius 1 is 1.14 bits per heavy atom. The molecular weight excluding hydrogens is 458 g/mol. The van der Waals surface area contributed by atoms with Crippen molar-refractivity contribution in [3.63, 3.8) is 0 Å². The smallest absolute Gasteiger partial charge is 0.427 e. The van der Waals surface area contributed by atoms with Gasteiger partial charge in [-0.25, -0.2) is 15.0 Å². The number of aromatic hydroxyl groups is 1. The van der Waals surface area contributed by atoms with E-state index in [1.807, 2.05) is 37.3 Å². The Kier molecular flexibility index (Phi) is 9.64. The molecule has 2 unspecified atom stereocenters. The molecule has 2 atom stereocenters. The molecule has 36 heavy (non-hydrogen) atoms. The highest BCUT2D eigenvalue weighted by Gasteiger charge is 2.34. The number of fused-ring (bicyclic) bond motifs is 1. The van der Waals surface area contributed by atoms with Crippen LogP contribution >= 0.6 is 0 Å². The molecule has 0 aliphatic heterocycles. The van der Waals surface area contributed by atoms with Crippen molar-refractivity contribution >= 4 is 22.8 Å². The van der Waals surface area contributed by atoms with Crippen LogP contribution in [0.1, 0.15) is 50.7 Å². The fourth-order valence-electron chi connectivity index (χ4n) is 4.46. The minimum atomic E-state index is -0.684. The SMILES string of the molecule is CCCCN(CC)CC(/C(C)=N/NC(=O)OC)C(c1ccccc1)c1c(O)c2ccccc2oc1=O. The van der Waals surface area contributed by atoms with Gasteiger partial charge < -0.3 is 19.2 Å². The maximum Gasteiger partial charge on any atom is 0.427 e. The van der Waals surface area contributed by atoms with Gasteiger partial charge in [0.2, 0.25) is 0 Å². The van der Waals surface area contributed by atoms with Crippen molar-refractivity contribution in [2.45, 2.75) is 39.5 Å². The quantitative estimate of drug-likeness (QED) is 0.219. The molecule has 8 nitrogen and oxygen atoms in total. The highest BCUT2D eigenvalue weighted by atomic mass is 16.5. The van der Waals surface area contributed by atoms with Crippen molar-refractivity contribution < 1.29 is 19.1 Å². The van der Waals surface area contributed by atoms with E-state index in [0.717, 1.165) is 31.5 Å². The Hall–Kier alpha value is -3.65. The van der Waals surface area contributed by atoms with Crippen molar-refractivity contribution in [3.8, 4) is 5.75 Å². The largest absolute Gasteiger partial charge is 0.507 e. The lowest BCUT2D eigenvalue weighted by molar-refractivity contribution is 0.171. The van der Waals surface area contributed by atoms with Crippen LogP contribution in [0.5, 0.6) is 5.75 Å². The lowest BCUT2D eigenvalue weighted by Gasteiger charge is -2.32. The Bertz CT molecular complexity index is 1240. The Labute approximate surface area is 211 Å². The number of nitrogens with zero attached hydrogens (tertiary/aromatic N) is 2. The molecule has 0 bridgehead atoms. The highest BCUT2D eigenvalue weighted by molar-refractivity contribution is 5.88. The van der Waals surface area contributed by atoms with Gasteiger partial charge in [0.05, 0.1) is 18.1 Å². The molecule has 0 fully saturated rings. The third-order valence-corrected chi connectivity index (χ3v) is 6.47. The molecule has 0 spiro atoms. The average molecular weight is 494 g/mol. The van der Waals surface area contributed by atoms with E-state index in [2.05, 4.69) is 34.0 Å². The molecule has 0 radical (unpaired) electrons. The standard InChI is InChI=1S/C28H35N3O5/c1-5-7-17-31(6-2)18-22(19(3)29-30-28(34)35-4)24(20-13-9-8-10-14-20)25-26(32)21-15-11-12-16-23(21)36-27(25)33/h8-16,22,24,32H,5-7,17-18H2,1-4H3,(H,30,34)/b29-19+. The Morgan fingerprint density at radius 2 is 1.83 bits per heavy atom. The van der Waals surface area contributed by atoms with Crippen LogP contribution in [0.25, 0.3) is 11.0 Å². The predicted molar refractivity (Wildman–Crippen MR) is 142 cm³/mol. The second-order valence-corrected chi connectivity index (χ2v) is 8.75. The average Bonchev–Trinajstić information content (AvgIpc) is 2.90.